The molecule has 1 aromatic rings. The molecule has 0 bridgehead atoms. The van der Waals surface area contributed by atoms with Gasteiger partial charge in [0, 0.05) is 18.0 Å². The van der Waals surface area contributed by atoms with E-state index < -0.39 is 0 Å². The van der Waals surface area contributed by atoms with E-state index in [1.54, 1.807) is 0 Å². The van der Waals surface area contributed by atoms with Gasteiger partial charge in [0.2, 0.25) is 0 Å². The van der Waals surface area contributed by atoms with E-state index >= 15 is 0 Å². The Morgan fingerprint density at radius 1 is 1.25 bits per heavy atom. The lowest BCUT2D eigenvalue weighted by atomic mass is 9.92. The van der Waals surface area contributed by atoms with Crippen molar-refractivity contribution >= 4 is 11.6 Å². The fraction of sp³-hybridized carbons (Fsp3) is 0.571. The largest absolute Gasteiger partial charge is 0.310 e. The van der Waals surface area contributed by atoms with Crippen LogP contribution in [0.1, 0.15) is 43.7 Å². The predicted molar refractivity (Wildman–Crippen MR) is 70.0 cm³/mol. The number of rotatable bonds is 4. The van der Waals surface area contributed by atoms with Crippen molar-refractivity contribution in [1.29, 1.82) is 0 Å². The van der Waals surface area contributed by atoms with Crippen molar-refractivity contribution in [3.8, 4) is 0 Å². The summed E-state index contributed by atoms with van der Waals surface area (Å²) < 4.78 is 0. The summed E-state index contributed by atoms with van der Waals surface area (Å²) in [5, 5.41) is 3.93. The zero-order chi connectivity index (χ0) is 11.5. The fourth-order valence-electron chi connectivity index (χ4n) is 2.00. The van der Waals surface area contributed by atoms with E-state index in [1.807, 2.05) is 0 Å². The van der Waals surface area contributed by atoms with Gasteiger partial charge in [-0.05, 0) is 29.9 Å². The lowest BCUT2D eigenvalue weighted by Gasteiger charge is -2.31. The van der Waals surface area contributed by atoms with Crippen LogP contribution in [-0.2, 0) is 6.54 Å². The minimum atomic E-state index is 0.404. The Hall–Kier alpha value is -0.530. The van der Waals surface area contributed by atoms with Crippen LogP contribution < -0.4 is 5.32 Å². The summed E-state index contributed by atoms with van der Waals surface area (Å²) in [5.74, 6) is 0.616. The first-order valence-corrected chi connectivity index (χ1v) is 6.55. The van der Waals surface area contributed by atoms with Crippen molar-refractivity contribution in [1.82, 2.24) is 5.32 Å². The molecule has 0 amide bonds. The molecule has 0 saturated heterocycles. The summed E-state index contributed by atoms with van der Waals surface area (Å²) in [6, 6.07) is 9.53. The molecule has 2 rings (SSSR count). The van der Waals surface area contributed by atoms with Crippen molar-refractivity contribution in [3.63, 3.8) is 0 Å². The number of alkyl halides is 1. The lowest BCUT2D eigenvalue weighted by molar-refractivity contribution is 0.345. The van der Waals surface area contributed by atoms with E-state index in [9.17, 15) is 0 Å². The average molecular weight is 238 g/mol. The third-order valence-electron chi connectivity index (χ3n) is 3.32. The summed E-state index contributed by atoms with van der Waals surface area (Å²) >= 11 is 5.94. The highest BCUT2D eigenvalue weighted by Crippen LogP contribution is 2.25. The molecule has 0 aromatic heterocycles. The van der Waals surface area contributed by atoms with E-state index in [-0.39, 0.29) is 0 Å². The molecule has 16 heavy (non-hydrogen) atoms. The van der Waals surface area contributed by atoms with Crippen molar-refractivity contribution in [3.05, 3.63) is 35.4 Å². The maximum atomic E-state index is 5.94. The van der Waals surface area contributed by atoms with Gasteiger partial charge in [0.1, 0.15) is 0 Å². The standard InChI is InChI=1S/C14H20ClN/c1-10(2)12-5-3-11(4-6-12)9-16-14-7-13(15)8-14/h3-6,10,13-14,16H,7-9H2,1-2H3. The van der Waals surface area contributed by atoms with Crippen LogP contribution in [0.4, 0.5) is 0 Å². The van der Waals surface area contributed by atoms with Crippen LogP contribution in [-0.4, -0.2) is 11.4 Å². The van der Waals surface area contributed by atoms with Crippen LogP contribution in [0.3, 0.4) is 0 Å². The second kappa shape index (κ2) is 5.20. The molecule has 0 spiro atoms. The normalized spacial score (nSPS) is 24.5. The molecule has 1 nitrogen and oxygen atoms in total. The summed E-state index contributed by atoms with van der Waals surface area (Å²) in [7, 11) is 0. The van der Waals surface area contributed by atoms with Gasteiger partial charge >= 0.3 is 0 Å². The van der Waals surface area contributed by atoms with Gasteiger partial charge in [-0.2, -0.15) is 0 Å². The minimum Gasteiger partial charge on any atom is -0.310 e. The summed E-state index contributed by atoms with van der Waals surface area (Å²) in [6.45, 7) is 5.41. The summed E-state index contributed by atoms with van der Waals surface area (Å²) in [6.07, 6.45) is 2.23. The van der Waals surface area contributed by atoms with E-state index in [4.69, 9.17) is 11.6 Å². The molecule has 0 radical (unpaired) electrons. The van der Waals surface area contributed by atoms with Crippen LogP contribution in [0.15, 0.2) is 24.3 Å². The quantitative estimate of drug-likeness (QED) is 0.788. The number of halogens is 1. The molecule has 1 saturated carbocycles. The zero-order valence-corrected chi connectivity index (χ0v) is 10.8. The van der Waals surface area contributed by atoms with Crippen LogP contribution in [0.25, 0.3) is 0 Å². The fourth-order valence-corrected chi connectivity index (χ4v) is 2.43. The monoisotopic (exact) mass is 237 g/mol. The zero-order valence-electron chi connectivity index (χ0n) is 10.0. The number of nitrogens with one attached hydrogen (secondary N) is 1. The summed E-state index contributed by atoms with van der Waals surface area (Å²) in [5.41, 5.74) is 2.77. The Bertz CT molecular complexity index is 325. The van der Waals surface area contributed by atoms with E-state index in [0.717, 1.165) is 19.4 Å². The Morgan fingerprint density at radius 2 is 1.88 bits per heavy atom. The molecular formula is C14H20ClN. The average Bonchev–Trinajstić information content (AvgIpc) is 2.23. The smallest absolute Gasteiger partial charge is 0.0365 e. The van der Waals surface area contributed by atoms with Gasteiger partial charge in [-0.25, -0.2) is 0 Å². The Morgan fingerprint density at radius 3 is 2.38 bits per heavy atom. The maximum absolute atomic E-state index is 5.94. The minimum absolute atomic E-state index is 0.404. The first kappa shape index (κ1) is 11.9. The van der Waals surface area contributed by atoms with E-state index in [0.29, 0.717) is 17.3 Å². The Labute approximate surface area is 103 Å². The van der Waals surface area contributed by atoms with Crippen molar-refractivity contribution in [2.24, 2.45) is 0 Å². The van der Waals surface area contributed by atoms with Gasteiger partial charge in [0.05, 0.1) is 0 Å². The number of hydrogen-bond donors (Lipinski definition) is 1. The molecule has 88 valence electrons. The van der Waals surface area contributed by atoms with E-state index in [2.05, 4.69) is 43.4 Å². The van der Waals surface area contributed by atoms with Crippen molar-refractivity contribution < 1.29 is 0 Å². The number of benzene rings is 1. The molecule has 1 aliphatic rings. The third-order valence-corrected chi connectivity index (χ3v) is 3.68. The molecule has 1 aromatic carbocycles. The lowest BCUT2D eigenvalue weighted by Crippen LogP contribution is -2.41. The van der Waals surface area contributed by atoms with Gasteiger partial charge < -0.3 is 5.32 Å². The first-order chi connectivity index (χ1) is 7.65. The molecule has 0 atom stereocenters. The molecule has 0 heterocycles. The Kier molecular flexibility index (Phi) is 3.88. The van der Waals surface area contributed by atoms with Gasteiger partial charge in [0.25, 0.3) is 0 Å². The van der Waals surface area contributed by atoms with Gasteiger partial charge in [0.15, 0.2) is 0 Å². The maximum Gasteiger partial charge on any atom is 0.0365 e. The molecular weight excluding hydrogens is 218 g/mol. The molecule has 1 aliphatic carbocycles. The van der Waals surface area contributed by atoms with Gasteiger partial charge in [-0.3, -0.25) is 0 Å². The second-order valence-electron chi connectivity index (χ2n) is 5.04. The van der Waals surface area contributed by atoms with Crippen LogP contribution in [0.2, 0.25) is 0 Å². The summed E-state index contributed by atoms with van der Waals surface area (Å²) in [4.78, 5) is 0. The molecule has 1 fully saturated rings. The molecule has 2 heteroatoms. The van der Waals surface area contributed by atoms with E-state index in [1.165, 1.54) is 11.1 Å². The third kappa shape index (κ3) is 2.99. The van der Waals surface area contributed by atoms with Crippen LogP contribution in [0, 0.1) is 0 Å². The molecule has 1 N–H and O–H groups in total. The molecule has 0 aliphatic heterocycles. The van der Waals surface area contributed by atoms with Crippen molar-refractivity contribution in [2.75, 3.05) is 0 Å². The van der Waals surface area contributed by atoms with Gasteiger partial charge in [-0.1, -0.05) is 38.1 Å². The number of hydrogen-bond acceptors (Lipinski definition) is 1. The molecule has 0 unspecified atom stereocenters. The Balaban J connectivity index is 1.81. The van der Waals surface area contributed by atoms with Crippen molar-refractivity contribution in [2.45, 2.75) is 50.6 Å². The first-order valence-electron chi connectivity index (χ1n) is 6.11. The van der Waals surface area contributed by atoms with Gasteiger partial charge in [-0.15, -0.1) is 11.6 Å². The highest BCUT2D eigenvalue weighted by Gasteiger charge is 2.26. The predicted octanol–water partition coefficient (Wildman–Crippen LogP) is 3.67. The van der Waals surface area contributed by atoms with Crippen LogP contribution in [0.5, 0.6) is 0 Å². The SMILES string of the molecule is CC(C)c1ccc(CNC2CC(Cl)C2)cc1. The topological polar surface area (TPSA) is 12.0 Å². The second-order valence-corrected chi connectivity index (χ2v) is 5.66. The highest BCUT2D eigenvalue weighted by atomic mass is 35.5. The van der Waals surface area contributed by atoms with Crippen LogP contribution >= 0.6 is 11.6 Å². The highest BCUT2D eigenvalue weighted by molar-refractivity contribution is 6.21.